The van der Waals surface area contributed by atoms with Crippen molar-refractivity contribution in [2.75, 3.05) is 7.05 Å². The Morgan fingerprint density at radius 3 is 2.14 bits per heavy atom. The smallest absolute Gasteiger partial charge is 0.356 e. The number of alkyl halides is 2. The van der Waals surface area contributed by atoms with Crippen LogP contribution in [0.3, 0.4) is 0 Å². The van der Waals surface area contributed by atoms with E-state index in [1.807, 2.05) is 0 Å². The van der Waals surface area contributed by atoms with Crippen molar-refractivity contribution in [3.8, 4) is 5.75 Å². The molecule has 6 heteroatoms. The van der Waals surface area contributed by atoms with E-state index >= 15 is 0 Å². The quantitative estimate of drug-likeness (QED) is 0.864. The number of nitrogens with zero attached hydrogens (tertiary/aromatic N) is 1. The van der Waals surface area contributed by atoms with Crippen molar-refractivity contribution in [3.63, 3.8) is 0 Å². The number of hydrogen-bond donors (Lipinski definition) is 1. The van der Waals surface area contributed by atoms with Crippen LogP contribution in [0.5, 0.6) is 5.75 Å². The number of benzene rings is 2. The van der Waals surface area contributed by atoms with E-state index in [1.54, 1.807) is 24.3 Å². The number of carbonyl (C=O) groups is 1. The summed E-state index contributed by atoms with van der Waals surface area (Å²) >= 11 is 0. The maximum absolute atomic E-state index is 14.1. The molecule has 0 unspecified atom stereocenters. The molecule has 0 radical (unpaired) electrons. The zero-order valence-corrected chi connectivity index (χ0v) is 11.8. The Morgan fingerprint density at radius 2 is 1.59 bits per heavy atom. The molecule has 0 fully saturated rings. The highest BCUT2D eigenvalue weighted by molar-refractivity contribution is 5.83. The van der Waals surface area contributed by atoms with Gasteiger partial charge in [-0.25, -0.2) is 0 Å². The number of carbonyl (C=O) groups excluding carboxylic acids is 1. The zero-order valence-electron chi connectivity index (χ0n) is 11.8. The first-order valence-corrected chi connectivity index (χ1v) is 6.55. The van der Waals surface area contributed by atoms with Crippen molar-refractivity contribution < 1.29 is 23.5 Å². The minimum absolute atomic E-state index is 0.0473. The number of halogens is 2. The van der Waals surface area contributed by atoms with E-state index < -0.39 is 17.9 Å². The predicted octanol–water partition coefficient (Wildman–Crippen LogP) is 2.81. The van der Waals surface area contributed by atoms with Gasteiger partial charge < -0.3 is 9.94 Å². The Bertz CT molecular complexity index is 620. The molecule has 4 nitrogen and oxygen atoms in total. The van der Waals surface area contributed by atoms with Gasteiger partial charge in [-0.3, -0.25) is 4.79 Å². The predicted molar refractivity (Wildman–Crippen MR) is 76.2 cm³/mol. The molecule has 0 aliphatic rings. The zero-order chi connectivity index (χ0) is 16.2. The fourth-order valence-electron chi connectivity index (χ4n) is 1.85. The maximum atomic E-state index is 14.1. The second kappa shape index (κ2) is 6.53. The molecule has 1 atom stereocenters. The number of aliphatic hydroxyl groups is 1. The summed E-state index contributed by atoms with van der Waals surface area (Å²) in [6, 6.07) is 15.3. The fraction of sp³-hybridized carbons (Fsp3) is 0.188. The molecule has 0 saturated heterocycles. The van der Waals surface area contributed by atoms with Crippen LogP contribution in [-0.2, 0) is 4.79 Å². The standard InChI is InChI=1S/C16H15F2NO3/c1-19(22-13-10-6-3-7-11-13)15(21)16(17,18)14(20)12-8-4-2-5-9-12/h2-11,14,20H,1H3/t14-/m1/s1. The first-order chi connectivity index (χ1) is 10.4. The summed E-state index contributed by atoms with van der Waals surface area (Å²) < 4.78 is 28.3. The van der Waals surface area contributed by atoms with Gasteiger partial charge in [-0.05, 0) is 17.7 Å². The van der Waals surface area contributed by atoms with Crippen LogP contribution in [-0.4, -0.2) is 29.0 Å². The van der Waals surface area contributed by atoms with Gasteiger partial charge in [-0.1, -0.05) is 48.5 Å². The third kappa shape index (κ3) is 3.40. The van der Waals surface area contributed by atoms with Crippen LogP contribution in [0.15, 0.2) is 60.7 Å². The van der Waals surface area contributed by atoms with Crippen LogP contribution in [0.1, 0.15) is 11.7 Å². The summed E-state index contributed by atoms with van der Waals surface area (Å²) in [6.45, 7) is 0. The van der Waals surface area contributed by atoms with E-state index in [1.165, 1.54) is 36.4 Å². The molecular weight excluding hydrogens is 292 g/mol. The highest BCUT2D eigenvalue weighted by atomic mass is 19.3. The Hall–Kier alpha value is -2.47. The average Bonchev–Trinajstić information content (AvgIpc) is 2.55. The van der Waals surface area contributed by atoms with Gasteiger partial charge in [0.05, 0.1) is 0 Å². The summed E-state index contributed by atoms with van der Waals surface area (Å²) in [5.41, 5.74) is -0.0473. The molecule has 0 heterocycles. The normalized spacial score (nSPS) is 12.5. The Kier molecular flexibility index (Phi) is 4.72. The molecule has 0 saturated carbocycles. The molecule has 1 N–H and O–H groups in total. The molecule has 0 bridgehead atoms. The van der Waals surface area contributed by atoms with Crippen LogP contribution in [0.25, 0.3) is 0 Å². The Labute approximate surface area is 126 Å². The maximum Gasteiger partial charge on any atom is 0.356 e. The molecule has 22 heavy (non-hydrogen) atoms. The lowest BCUT2D eigenvalue weighted by Gasteiger charge is -2.26. The van der Waals surface area contributed by atoms with Crippen LogP contribution in [0, 0.1) is 0 Å². The lowest BCUT2D eigenvalue weighted by Crippen LogP contribution is -2.46. The SMILES string of the molecule is CN(Oc1ccccc1)C(=O)C(F)(F)[C@H](O)c1ccccc1. The van der Waals surface area contributed by atoms with Crippen molar-refractivity contribution in [1.29, 1.82) is 0 Å². The first-order valence-electron chi connectivity index (χ1n) is 6.55. The van der Waals surface area contributed by atoms with E-state index in [0.717, 1.165) is 7.05 Å². The van der Waals surface area contributed by atoms with Crippen LogP contribution in [0.2, 0.25) is 0 Å². The van der Waals surface area contributed by atoms with Crippen LogP contribution < -0.4 is 4.84 Å². The average molecular weight is 307 g/mol. The highest BCUT2D eigenvalue weighted by Gasteiger charge is 2.49. The van der Waals surface area contributed by atoms with Gasteiger partial charge >= 0.3 is 11.8 Å². The fourth-order valence-corrected chi connectivity index (χ4v) is 1.85. The largest absolute Gasteiger partial charge is 0.381 e. The van der Waals surface area contributed by atoms with Crippen LogP contribution in [0.4, 0.5) is 8.78 Å². The summed E-state index contributed by atoms with van der Waals surface area (Å²) in [4.78, 5) is 16.9. The summed E-state index contributed by atoms with van der Waals surface area (Å²) in [5, 5.41) is 10.2. The molecule has 2 aromatic carbocycles. The lowest BCUT2D eigenvalue weighted by molar-refractivity contribution is -0.195. The lowest BCUT2D eigenvalue weighted by atomic mass is 10.0. The van der Waals surface area contributed by atoms with E-state index in [4.69, 9.17) is 4.84 Å². The van der Waals surface area contributed by atoms with Crippen molar-refractivity contribution in [1.82, 2.24) is 5.06 Å². The molecule has 0 spiro atoms. The van der Waals surface area contributed by atoms with Crippen molar-refractivity contribution in [3.05, 3.63) is 66.2 Å². The van der Waals surface area contributed by atoms with Gasteiger partial charge in [0.2, 0.25) is 0 Å². The van der Waals surface area contributed by atoms with Gasteiger partial charge in [-0.2, -0.15) is 13.8 Å². The van der Waals surface area contributed by atoms with Crippen molar-refractivity contribution >= 4 is 5.91 Å². The molecule has 1 amide bonds. The molecule has 0 aliphatic carbocycles. The van der Waals surface area contributed by atoms with E-state index in [0.29, 0.717) is 5.06 Å². The minimum atomic E-state index is -4.01. The third-order valence-corrected chi connectivity index (χ3v) is 3.02. The monoisotopic (exact) mass is 307 g/mol. The van der Waals surface area contributed by atoms with E-state index in [2.05, 4.69) is 0 Å². The second-order valence-electron chi connectivity index (χ2n) is 4.64. The van der Waals surface area contributed by atoms with E-state index in [-0.39, 0.29) is 11.3 Å². The topological polar surface area (TPSA) is 49.8 Å². The third-order valence-electron chi connectivity index (χ3n) is 3.02. The van der Waals surface area contributed by atoms with Crippen molar-refractivity contribution in [2.24, 2.45) is 0 Å². The number of para-hydroxylation sites is 1. The van der Waals surface area contributed by atoms with Crippen LogP contribution >= 0.6 is 0 Å². The summed E-state index contributed by atoms with van der Waals surface area (Å²) in [7, 11) is 1.07. The number of amides is 1. The van der Waals surface area contributed by atoms with Crippen molar-refractivity contribution in [2.45, 2.75) is 12.0 Å². The number of hydroxylamine groups is 2. The van der Waals surface area contributed by atoms with Gasteiger partial charge in [0.25, 0.3) is 0 Å². The summed E-state index contributed by atoms with van der Waals surface area (Å²) in [6.07, 6.45) is -2.25. The molecule has 2 rings (SSSR count). The minimum Gasteiger partial charge on any atom is -0.381 e. The van der Waals surface area contributed by atoms with Gasteiger partial charge in [-0.15, -0.1) is 0 Å². The summed E-state index contributed by atoms with van der Waals surface area (Å²) in [5.74, 6) is -5.40. The molecule has 0 aromatic heterocycles. The van der Waals surface area contributed by atoms with E-state index in [9.17, 15) is 18.7 Å². The van der Waals surface area contributed by atoms with Gasteiger partial charge in [0.15, 0.2) is 11.9 Å². The number of hydrogen-bond acceptors (Lipinski definition) is 3. The number of aliphatic hydroxyl groups excluding tert-OH is 1. The molecule has 116 valence electrons. The van der Waals surface area contributed by atoms with Gasteiger partial charge in [0.1, 0.15) is 0 Å². The number of rotatable bonds is 5. The van der Waals surface area contributed by atoms with Gasteiger partial charge in [0, 0.05) is 7.05 Å². The molecule has 2 aromatic rings. The molecule has 0 aliphatic heterocycles. The molecular formula is C16H15F2NO3. The Balaban J connectivity index is 2.12. The Morgan fingerprint density at radius 1 is 1.09 bits per heavy atom. The highest BCUT2D eigenvalue weighted by Crippen LogP contribution is 2.33. The first kappa shape index (κ1) is 15.9. The second-order valence-corrected chi connectivity index (χ2v) is 4.64.